The summed E-state index contributed by atoms with van der Waals surface area (Å²) in [6.45, 7) is 10.8. The Morgan fingerprint density at radius 1 is 0.941 bits per heavy atom. The van der Waals surface area contributed by atoms with Gasteiger partial charge in [0, 0.05) is 56.9 Å². The van der Waals surface area contributed by atoms with Gasteiger partial charge in [0.15, 0.2) is 0 Å². The molecule has 0 aliphatic carbocycles. The molecular weight excluding hydrogens is 426 g/mol. The average molecular weight is 460 g/mol. The van der Waals surface area contributed by atoms with Crippen LogP contribution < -0.4 is 0 Å². The van der Waals surface area contributed by atoms with Gasteiger partial charge in [0.05, 0.1) is 6.04 Å². The van der Waals surface area contributed by atoms with Gasteiger partial charge in [0.2, 0.25) is 11.7 Å². The molecule has 0 radical (unpaired) electrons. The van der Waals surface area contributed by atoms with Crippen LogP contribution in [0.4, 0.5) is 0 Å². The van der Waals surface area contributed by atoms with Gasteiger partial charge in [-0.3, -0.25) is 14.6 Å². The van der Waals surface area contributed by atoms with Gasteiger partial charge in [0.1, 0.15) is 0 Å². The number of aromatic nitrogens is 2. The first-order valence-corrected chi connectivity index (χ1v) is 12.3. The van der Waals surface area contributed by atoms with Crippen molar-refractivity contribution in [2.75, 3.05) is 39.3 Å². The zero-order valence-corrected chi connectivity index (χ0v) is 20.1. The Kier molecular flexibility index (Phi) is 6.74. The zero-order chi connectivity index (χ0) is 23.5. The molecule has 7 heteroatoms. The highest BCUT2D eigenvalue weighted by molar-refractivity contribution is 5.94. The smallest absolute Gasteiger partial charge is 0.253 e. The zero-order valence-electron chi connectivity index (χ0n) is 20.1. The molecular formula is C27H33N5O2. The summed E-state index contributed by atoms with van der Waals surface area (Å²) >= 11 is 0. The molecule has 34 heavy (non-hydrogen) atoms. The van der Waals surface area contributed by atoms with Gasteiger partial charge in [-0.1, -0.05) is 47.1 Å². The summed E-state index contributed by atoms with van der Waals surface area (Å²) in [6.07, 6.45) is 2.24. The molecule has 0 bridgehead atoms. The summed E-state index contributed by atoms with van der Waals surface area (Å²) in [5.74, 6) is 1.48. The summed E-state index contributed by atoms with van der Waals surface area (Å²) in [7, 11) is 0. The van der Waals surface area contributed by atoms with E-state index in [1.165, 1.54) is 11.1 Å². The molecule has 0 unspecified atom stereocenters. The topological polar surface area (TPSA) is 65.7 Å². The fourth-order valence-electron chi connectivity index (χ4n) is 4.80. The van der Waals surface area contributed by atoms with E-state index in [1.807, 2.05) is 29.2 Å². The van der Waals surface area contributed by atoms with E-state index in [0.717, 1.165) is 69.8 Å². The maximum absolute atomic E-state index is 12.6. The van der Waals surface area contributed by atoms with Gasteiger partial charge in [-0.15, -0.1) is 0 Å². The molecule has 2 aromatic carbocycles. The van der Waals surface area contributed by atoms with Crippen LogP contribution in [0.15, 0.2) is 53.1 Å². The van der Waals surface area contributed by atoms with Gasteiger partial charge in [0.25, 0.3) is 5.91 Å². The van der Waals surface area contributed by atoms with E-state index in [9.17, 15) is 4.79 Å². The lowest BCUT2D eigenvalue weighted by Crippen LogP contribution is -2.46. The number of carbonyl (C=O) groups excluding carboxylic acids is 1. The fraction of sp³-hybridized carbons (Fsp3) is 0.444. The second kappa shape index (κ2) is 10.1. The normalized spacial score (nSPS) is 18.4. The summed E-state index contributed by atoms with van der Waals surface area (Å²) in [4.78, 5) is 24.0. The highest BCUT2D eigenvalue weighted by atomic mass is 16.5. The van der Waals surface area contributed by atoms with Crippen molar-refractivity contribution >= 4 is 5.91 Å². The number of carbonyl (C=O) groups is 1. The number of nitrogens with zero attached hydrogens (tertiary/aromatic N) is 5. The number of hydrogen-bond acceptors (Lipinski definition) is 6. The first kappa shape index (κ1) is 22.7. The second-order valence-corrected chi connectivity index (χ2v) is 9.51. The molecule has 2 aliphatic heterocycles. The van der Waals surface area contributed by atoms with Crippen molar-refractivity contribution < 1.29 is 9.32 Å². The molecule has 2 saturated heterocycles. The monoisotopic (exact) mass is 459 g/mol. The molecule has 1 atom stereocenters. The molecule has 2 aliphatic rings. The van der Waals surface area contributed by atoms with E-state index in [2.05, 4.69) is 58.1 Å². The van der Waals surface area contributed by atoms with Crippen molar-refractivity contribution in [2.45, 2.75) is 39.3 Å². The van der Waals surface area contributed by atoms with Crippen molar-refractivity contribution in [1.29, 1.82) is 0 Å². The van der Waals surface area contributed by atoms with Crippen LogP contribution in [-0.4, -0.2) is 70.0 Å². The molecule has 0 N–H and O–H groups in total. The van der Waals surface area contributed by atoms with Gasteiger partial charge in [-0.2, -0.15) is 4.98 Å². The summed E-state index contributed by atoms with van der Waals surface area (Å²) in [6, 6.07) is 16.4. The number of amides is 1. The minimum Gasteiger partial charge on any atom is -0.339 e. The molecule has 5 rings (SSSR count). The third-order valence-electron chi connectivity index (χ3n) is 7.06. The summed E-state index contributed by atoms with van der Waals surface area (Å²) < 4.78 is 5.61. The highest BCUT2D eigenvalue weighted by Crippen LogP contribution is 2.24. The molecule has 178 valence electrons. The largest absolute Gasteiger partial charge is 0.339 e. The number of likely N-dealkylation sites (tertiary alicyclic amines) is 1. The van der Waals surface area contributed by atoms with E-state index in [4.69, 9.17) is 4.52 Å². The van der Waals surface area contributed by atoms with Crippen LogP contribution in [0.25, 0.3) is 11.4 Å². The minimum absolute atomic E-state index is 0.0877. The van der Waals surface area contributed by atoms with Gasteiger partial charge >= 0.3 is 0 Å². The molecule has 0 spiro atoms. The molecule has 2 fully saturated rings. The summed E-state index contributed by atoms with van der Waals surface area (Å²) in [5.41, 5.74) is 4.24. The molecule has 1 amide bonds. The summed E-state index contributed by atoms with van der Waals surface area (Å²) in [5, 5.41) is 4.20. The van der Waals surface area contributed by atoms with Crippen molar-refractivity contribution in [1.82, 2.24) is 24.8 Å². The van der Waals surface area contributed by atoms with E-state index < -0.39 is 0 Å². The quantitative estimate of drug-likeness (QED) is 0.552. The minimum atomic E-state index is 0.0877. The van der Waals surface area contributed by atoms with Crippen LogP contribution >= 0.6 is 0 Å². The van der Waals surface area contributed by atoms with Gasteiger partial charge in [-0.05, 0) is 44.4 Å². The third-order valence-corrected chi connectivity index (χ3v) is 7.06. The highest BCUT2D eigenvalue weighted by Gasteiger charge is 2.26. The first-order valence-electron chi connectivity index (χ1n) is 12.3. The lowest BCUT2D eigenvalue weighted by atomic mass is 10.1. The maximum Gasteiger partial charge on any atom is 0.253 e. The van der Waals surface area contributed by atoms with Crippen LogP contribution in [0, 0.1) is 6.92 Å². The Labute approximate surface area is 201 Å². The number of hydrogen-bond donors (Lipinski definition) is 0. The van der Waals surface area contributed by atoms with Crippen molar-refractivity contribution in [3.8, 4) is 11.4 Å². The number of rotatable bonds is 6. The van der Waals surface area contributed by atoms with Crippen LogP contribution in [0.5, 0.6) is 0 Å². The molecule has 0 saturated carbocycles. The number of aryl methyl sites for hydroxylation is 1. The van der Waals surface area contributed by atoms with Crippen LogP contribution in [0.1, 0.15) is 53.2 Å². The fourth-order valence-corrected chi connectivity index (χ4v) is 4.80. The van der Waals surface area contributed by atoms with E-state index >= 15 is 0 Å². The third kappa shape index (κ3) is 5.05. The predicted molar refractivity (Wildman–Crippen MR) is 131 cm³/mol. The van der Waals surface area contributed by atoms with Crippen molar-refractivity contribution in [3.63, 3.8) is 0 Å². The number of piperazine rings is 1. The van der Waals surface area contributed by atoms with Crippen molar-refractivity contribution in [2.24, 2.45) is 0 Å². The Morgan fingerprint density at radius 2 is 1.62 bits per heavy atom. The van der Waals surface area contributed by atoms with Crippen LogP contribution in [0.2, 0.25) is 0 Å². The standard InChI is InChI=1S/C27H33N5O2/c1-20-5-9-23(10-6-20)25-28-26(34-29-25)21(2)31-17-15-30(16-18-31)19-22-7-11-24(12-8-22)27(33)32-13-3-4-14-32/h5-12,21H,3-4,13-19H2,1-2H3/t21-/m0/s1. The molecule has 3 aromatic rings. The van der Waals surface area contributed by atoms with Crippen LogP contribution in [-0.2, 0) is 6.54 Å². The molecule has 3 heterocycles. The lowest BCUT2D eigenvalue weighted by Gasteiger charge is -2.36. The van der Waals surface area contributed by atoms with E-state index in [-0.39, 0.29) is 11.9 Å². The predicted octanol–water partition coefficient (Wildman–Crippen LogP) is 4.16. The molecule has 1 aromatic heterocycles. The molecule has 7 nitrogen and oxygen atoms in total. The average Bonchev–Trinajstić information content (AvgIpc) is 3.58. The maximum atomic E-state index is 12.6. The van der Waals surface area contributed by atoms with Crippen molar-refractivity contribution in [3.05, 3.63) is 71.1 Å². The Balaban J connectivity index is 1.13. The van der Waals surface area contributed by atoms with Gasteiger partial charge < -0.3 is 9.42 Å². The van der Waals surface area contributed by atoms with E-state index in [0.29, 0.717) is 11.7 Å². The first-order chi connectivity index (χ1) is 16.6. The van der Waals surface area contributed by atoms with E-state index in [1.54, 1.807) is 0 Å². The number of benzene rings is 2. The Bertz CT molecular complexity index is 1090. The second-order valence-electron chi connectivity index (χ2n) is 9.51. The van der Waals surface area contributed by atoms with Crippen LogP contribution in [0.3, 0.4) is 0 Å². The Morgan fingerprint density at radius 3 is 2.29 bits per heavy atom. The SMILES string of the molecule is Cc1ccc(-c2noc([C@H](C)N3CCN(Cc4ccc(C(=O)N5CCCC5)cc4)CC3)n2)cc1. The lowest BCUT2D eigenvalue weighted by molar-refractivity contribution is 0.0792. The van der Waals surface area contributed by atoms with Gasteiger partial charge in [-0.25, -0.2) is 0 Å². The Hall–Kier alpha value is -3.03.